The van der Waals surface area contributed by atoms with E-state index in [2.05, 4.69) is 22.4 Å². The van der Waals surface area contributed by atoms with Gasteiger partial charge in [0.25, 0.3) is 0 Å². The molecule has 0 fully saturated rings. The van der Waals surface area contributed by atoms with E-state index < -0.39 is 0 Å². The van der Waals surface area contributed by atoms with E-state index in [-0.39, 0.29) is 11.2 Å². The smallest absolute Gasteiger partial charge is 0.239 e. The molecule has 1 atom stereocenters. The number of hydrogen-bond acceptors (Lipinski definition) is 6. The van der Waals surface area contributed by atoms with Gasteiger partial charge in [0.05, 0.1) is 5.25 Å². The minimum absolute atomic E-state index is 0.0511. The van der Waals surface area contributed by atoms with Gasteiger partial charge in [-0.25, -0.2) is 0 Å². The minimum atomic E-state index is -0.182. The zero-order valence-corrected chi connectivity index (χ0v) is 14.6. The summed E-state index contributed by atoms with van der Waals surface area (Å²) in [6.07, 6.45) is 0. The van der Waals surface area contributed by atoms with Crippen LogP contribution in [0.1, 0.15) is 19.4 Å². The Morgan fingerprint density at radius 1 is 1.33 bits per heavy atom. The first-order valence-corrected chi connectivity index (χ1v) is 9.27. The van der Waals surface area contributed by atoms with E-state index in [0.29, 0.717) is 5.13 Å². The molecule has 0 aliphatic carbocycles. The number of nitrogens with one attached hydrogen (secondary N) is 1. The molecular formula is C14H17N3OS3. The molecule has 21 heavy (non-hydrogen) atoms. The third-order valence-corrected chi connectivity index (χ3v) is 5.57. The number of amides is 1. The molecule has 1 N–H and O–H groups in total. The van der Waals surface area contributed by atoms with Gasteiger partial charge in [0.2, 0.25) is 11.0 Å². The average Bonchev–Trinajstić information content (AvgIpc) is 2.89. The standard InChI is InChI=1S/C14H17N3OS3/c1-4-19-14-17-16-13(21-14)15-12(18)10(3)20-11-7-5-9(2)6-8-11/h5-8,10H,4H2,1-3H3,(H,15,16,18)/t10-/m0/s1. The molecule has 0 bridgehead atoms. The van der Waals surface area contributed by atoms with Gasteiger partial charge in [0.15, 0.2) is 4.34 Å². The van der Waals surface area contributed by atoms with Crippen LogP contribution < -0.4 is 5.32 Å². The molecule has 2 rings (SSSR count). The van der Waals surface area contributed by atoms with Crippen LogP contribution in [0.15, 0.2) is 33.5 Å². The average molecular weight is 340 g/mol. The molecule has 1 heterocycles. The van der Waals surface area contributed by atoms with Gasteiger partial charge in [-0.05, 0) is 31.7 Å². The predicted octanol–water partition coefficient (Wildman–Crippen LogP) is 4.08. The lowest BCUT2D eigenvalue weighted by Gasteiger charge is -2.10. The largest absolute Gasteiger partial charge is 0.300 e. The lowest BCUT2D eigenvalue weighted by molar-refractivity contribution is -0.115. The van der Waals surface area contributed by atoms with E-state index in [1.54, 1.807) is 11.8 Å². The lowest BCUT2D eigenvalue weighted by atomic mass is 10.2. The molecule has 112 valence electrons. The molecular weight excluding hydrogens is 322 g/mol. The highest BCUT2D eigenvalue weighted by Crippen LogP contribution is 2.27. The van der Waals surface area contributed by atoms with Crippen molar-refractivity contribution in [2.45, 2.75) is 35.3 Å². The van der Waals surface area contributed by atoms with Crippen molar-refractivity contribution < 1.29 is 4.79 Å². The summed E-state index contributed by atoms with van der Waals surface area (Å²) in [6.45, 7) is 6.00. The number of anilines is 1. The van der Waals surface area contributed by atoms with E-state index in [4.69, 9.17) is 0 Å². The molecule has 0 saturated heterocycles. The number of aromatic nitrogens is 2. The van der Waals surface area contributed by atoms with Gasteiger partial charge >= 0.3 is 0 Å². The Hall–Kier alpha value is -1.05. The maximum Gasteiger partial charge on any atom is 0.239 e. The van der Waals surface area contributed by atoms with Crippen molar-refractivity contribution in [1.29, 1.82) is 0 Å². The van der Waals surface area contributed by atoms with Gasteiger partial charge < -0.3 is 0 Å². The first-order chi connectivity index (χ1) is 10.1. The van der Waals surface area contributed by atoms with Crippen molar-refractivity contribution >= 4 is 45.9 Å². The summed E-state index contributed by atoms with van der Waals surface area (Å²) in [7, 11) is 0. The molecule has 1 aromatic carbocycles. The van der Waals surface area contributed by atoms with Crippen LogP contribution in [0.2, 0.25) is 0 Å². The second kappa shape index (κ2) is 7.82. The van der Waals surface area contributed by atoms with Crippen LogP contribution in [0.3, 0.4) is 0 Å². The Balaban J connectivity index is 1.90. The lowest BCUT2D eigenvalue weighted by Crippen LogP contribution is -2.22. The van der Waals surface area contributed by atoms with Gasteiger partial charge in [-0.1, -0.05) is 47.7 Å². The van der Waals surface area contributed by atoms with Crippen LogP contribution in [-0.2, 0) is 4.79 Å². The number of hydrogen-bond donors (Lipinski definition) is 1. The highest BCUT2D eigenvalue weighted by atomic mass is 32.2. The first kappa shape index (κ1) is 16.3. The van der Waals surface area contributed by atoms with E-state index in [9.17, 15) is 4.79 Å². The zero-order chi connectivity index (χ0) is 15.2. The van der Waals surface area contributed by atoms with E-state index in [0.717, 1.165) is 15.0 Å². The summed E-state index contributed by atoms with van der Waals surface area (Å²) in [4.78, 5) is 13.2. The van der Waals surface area contributed by atoms with Crippen molar-refractivity contribution in [3.05, 3.63) is 29.8 Å². The third-order valence-electron chi connectivity index (χ3n) is 2.61. The zero-order valence-electron chi connectivity index (χ0n) is 12.1. The van der Waals surface area contributed by atoms with Crippen LogP contribution in [0, 0.1) is 6.92 Å². The molecule has 1 aromatic heterocycles. The minimum Gasteiger partial charge on any atom is -0.300 e. The van der Waals surface area contributed by atoms with Crippen molar-refractivity contribution in [2.24, 2.45) is 0 Å². The van der Waals surface area contributed by atoms with Gasteiger partial charge in [0, 0.05) is 4.90 Å². The van der Waals surface area contributed by atoms with E-state index in [1.807, 2.05) is 38.1 Å². The molecule has 7 heteroatoms. The van der Waals surface area contributed by atoms with Crippen molar-refractivity contribution in [2.75, 3.05) is 11.1 Å². The monoisotopic (exact) mass is 339 g/mol. The summed E-state index contributed by atoms with van der Waals surface area (Å²) in [5.74, 6) is 0.896. The normalized spacial score (nSPS) is 12.1. The second-order valence-corrected chi connectivity index (χ2v) is 8.27. The maximum absolute atomic E-state index is 12.2. The molecule has 0 aliphatic rings. The fourth-order valence-electron chi connectivity index (χ4n) is 1.52. The van der Waals surface area contributed by atoms with Crippen LogP contribution in [0.4, 0.5) is 5.13 Å². The number of nitrogens with zero attached hydrogens (tertiary/aromatic N) is 2. The Labute approximate surface area is 137 Å². The third kappa shape index (κ3) is 5.01. The highest BCUT2D eigenvalue weighted by molar-refractivity contribution is 8.01. The van der Waals surface area contributed by atoms with Crippen molar-refractivity contribution in [1.82, 2.24) is 10.2 Å². The number of rotatable bonds is 6. The molecule has 0 saturated carbocycles. The Morgan fingerprint density at radius 2 is 2.05 bits per heavy atom. The summed E-state index contributed by atoms with van der Waals surface area (Å²) < 4.78 is 0.881. The number of benzene rings is 1. The van der Waals surface area contributed by atoms with E-state index >= 15 is 0 Å². The van der Waals surface area contributed by atoms with Crippen molar-refractivity contribution in [3.63, 3.8) is 0 Å². The van der Waals surface area contributed by atoms with E-state index in [1.165, 1.54) is 28.7 Å². The Morgan fingerprint density at radius 3 is 2.71 bits per heavy atom. The topological polar surface area (TPSA) is 54.9 Å². The number of carbonyl (C=O) groups excluding carboxylic acids is 1. The summed E-state index contributed by atoms with van der Waals surface area (Å²) in [6, 6.07) is 8.16. The fraction of sp³-hybridized carbons (Fsp3) is 0.357. The SMILES string of the molecule is CCSc1nnc(NC(=O)[C@H](C)Sc2ccc(C)cc2)s1. The number of thioether (sulfide) groups is 2. The van der Waals surface area contributed by atoms with Crippen LogP contribution >= 0.6 is 34.9 Å². The van der Waals surface area contributed by atoms with Crippen molar-refractivity contribution in [3.8, 4) is 0 Å². The van der Waals surface area contributed by atoms with Gasteiger partial charge in [-0.3, -0.25) is 10.1 Å². The second-order valence-electron chi connectivity index (χ2n) is 4.37. The number of carbonyl (C=O) groups is 1. The van der Waals surface area contributed by atoms with Crippen LogP contribution in [0.5, 0.6) is 0 Å². The quantitative estimate of drug-likeness (QED) is 0.635. The molecule has 4 nitrogen and oxygen atoms in total. The molecule has 0 aliphatic heterocycles. The maximum atomic E-state index is 12.2. The summed E-state index contributed by atoms with van der Waals surface area (Å²) >= 11 is 4.57. The summed E-state index contributed by atoms with van der Waals surface area (Å²) in [5, 5.41) is 11.2. The van der Waals surface area contributed by atoms with Crippen LogP contribution in [0.25, 0.3) is 0 Å². The van der Waals surface area contributed by atoms with Gasteiger partial charge in [0.1, 0.15) is 0 Å². The molecule has 0 radical (unpaired) electrons. The highest BCUT2D eigenvalue weighted by Gasteiger charge is 2.16. The van der Waals surface area contributed by atoms with Gasteiger partial charge in [-0.15, -0.1) is 22.0 Å². The first-order valence-electron chi connectivity index (χ1n) is 6.59. The van der Waals surface area contributed by atoms with Gasteiger partial charge in [-0.2, -0.15) is 0 Å². The summed E-state index contributed by atoms with van der Waals surface area (Å²) in [5.41, 5.74) is 1.21. The van der Waals surface area contributed by atoms with Crippen LogP contribution in [-0.4, -0.2) is 27.1 Å². The Bertz CT molecular complexity index is 598. The number of aryl methyl sites for hydroxylation is 1. The Kier molecular flexibility index (Phi) is 6.08. The molecule has 0 spiro atoms. The predicted molar refractivity (Wildman–Crippen MR) is 91.4 cm³/mol. The molecule has 2 aromatic rings. The molecule has 1 amide bonds. The fourth-order valence-corrected chi connectivity index (χ4v) is 4.04. The molecule has 0 unspecified atom stereocenters.